The van der Waals surface area contributed by atoms with E-state index in [1.54, 1.807) is 6.92 Å². The van der Waals surface area contributed by atoms with Gasteiger partial charge in [0.25, 0.3) is 6.43 Å². The van der Waals surface area contributed by atoms with Gasteiger partial charge in [0.15, 0.2) is 5.54 Å². The van der Waals surface area contributed by atoms with E-state index in [4.69, 9.17) is 10.8 Å². The van der Waals surface area contributed by atoms with Crippen LogP contribution in [0.1, 0.15) is 29.7 Å². The van der Waals surface area contributed by atoms with E-state index in [1.165, 1.54) is 6.20 Å². The number of carbonyl (C=O) groups is 1. The number of hydrogen-bond donors (Lipinski definition) is 6. The third-order valence-electron chi connectivity index (χ3n) is 3.67. The molecular formula is C14H22F2N4O4. The maximum Gasteiger partial charge on any atom is 0.329 e. The monoisotopic (exact) mass is 348 g/mol. The Morgan fingerprint density at radius 3 is 2.67 bits per heavy atom. The second-order valence-electron chi connectivity index (χ2n) is 5.38. The predicted molar refractivity (Wildman–Crippen MR) is 81.2 cm³/mol. The minimum Gasteiger partial charge on any atom is -0.506 e. The number of nitrogens with two attached hydrogens (primary N) is 1. The molecule has 0 aliphatic carbocycles. The predicted octanol–water partition coefficient (Wildman–Crippen LogP) is 0.00952. The van der Waals surface area contributed by atoms with Gasteiger partial charge in [-0.05, 0) is 19.8 Å². The molecule has 0 aliphatic heterocycles. The molecule has 0 radical (unpaired) electrons. The summed E-state index contributed by atoms with van der Waals surface area (Å²) in [6.07, 6.45) is -2.00. The normalized spacial score (nSPS) is 13.9. The lowest BCUT2D eigenvalue weighted by Gasteiger charge is -2.23. The Labute approximate surface area is 137 Å². The van der Waals surface area contributed by atoms with Crippen molar-refractivity contribution in [3.8, 4) is 5.75 Å². The fourth-order valence-electron chi connectivity index (χ4n) is 2.04. The quantitative estimate of drug-likeness (QED) is 0.257. The minimum atomic E-state index is -3.16. The van der Waals surface area contributed by atoms with Crippen molar-refractivity contribution in [2.24, 2.45) is 5.73 Å². The average molecular weight is 348 g/mol. The first-order chi connectivity index (χ1) is 11.2. The number of aryl methyl sites for hydroxylation is 1. The molecule has 1 heterocycles. The van der Waals surface area contributed by atoms with Gasteiger partial charge in [0.05, 0.1) is 12.3 Å². The number of hydrogen-bond acceptors (Lipinski definition) is 7. The van der Waals surface area contributed by atoms with E-state index in [2.05, 4.69) is 15.8 Å². The number of aromatic nitrogens is 1. The topological polar surface area (TPSA) is 141 Å². The molecule has 10 heteroatoms. The second-order valence-corrected chi connectivity index (χ2v) is 5.38. The number of pyridine rings is 1. The van der Waals surface area contributed by atoms with Gasteiger partial charge in [0.2, 0.25) is 0 Å². The third-order valence-corrected chi connectivity index (χ3v) is 3.67. The summed E-state index contributed by atoms with van der Waals surface area (Å²) in [6, 6.07) is 0. The SMILES string of the molecule is Cc1ncc(CO)c(CNNCCCC(N)(C(=O)O)C(F)F)c1O. The first-order valence-corrected chi connectivity index (χ1v) is 7.27. The van der Waals surface area contributed by atoms with E-state index in [9.17, 15) is 23.8 Å². The first-order valence-electron chi connectivity index (χ1n) is 7.27. The van der Waals surface area contributed by atoms with E-state index in [0.717, 1.165) is 0 Å². The summed E-state index contributed by atoms with van der Waals surface area (Å²) < 4.78 is 25.4. The fraction of sp³-hybridized carbons (Fsp3) is 0.571. The summed E-state index contributed by atoms with van der Waals surface area (Å²) in [5.74, 6) is -1.78. The number of aliphatic carboxylic acids is 1. The number of nitrogens with zero attached hydrogens (tertiary/aromatic N) is 1. The Kier molecular flexibility index (Phi) is 7.42. The van der Waals surface area contributed by atoms with E-state index in [0.29, 0.717) is 16.8 Å². The summed E-state index contributed by atoms with van der Waals surface area (Å²) in [4.78, 5) is 14.7. The molecule has 1 rings (SSSR count). The van der Waals surface area contributed by atoms with Gasteiger partial charge in [-0.25, -0.2) is 13.6 Å². The number of rotatable bonds is 10. The van der Waals surface area contributed by atoms with Crippen molar-refractivity contribution in [3.63, 3.8) is 0 Å². The van der Waals surface area contributed by atoms with Gasteiger partial charge >= 0.3 is 5.97 Å². The third kappa shape index (κ3) is 4.81. The molecule has 7 N–H and O–H groups in total. The van der Waals surface area contributed by atoms with Crippen LogP contribution >= 0.6 is 0 Å². The number of aliphatic hydroxyl groups excluding tert-OH is 1. The lowest BCUT2D eigenvalue weighted by Crippen LogP contribution is -2.54. The summed E-state index contributed by atoms with van der Waals surface area (Å²) in [6.45, 7) is 1.68. The molecule has 0 saturated heterocycles. The van der Waals surface area contributed by atoms with Crippen molar-refractivity contribution in [3.05, 3.63) is 23.0 Å². The molecule has 1 atom stereocenters. The van der Waals surface area contributed by atoms with Crippen LogP contribution in [0.3, 0.4) is 0 Å². The Balaban J connectivity index is 2.45. The van der Waals surface area contributed by atoms with Crippen molar-refractivity contribution in [2.75, 3.05) is 6.54 Å². The molecule has 24 heavy (non-hydrogen) atoms. The van der Waals surface area contributed by atoms with Gasteiger partial charge in [-0.15, -0.1) is 0 Å². The molecule has 0 aliphatic rings. The Hall–Kier alpha value is -1.88. The number of halogens is 2. The molecule has 0 aromatic carbocycles. The zero-order chi connectivity index (χ0) is 18.3. The zero-order valence-corrected chi connectivity index (χ0v) is 13.2. The van der Waals surface area contributed by atoms with Gasteiger partial charge in [0.1, 0.15) is 5.75 Å². The van der Waals surface area contributed by atoms with E-state index < -0.39 is 24.4 Å². The first kappa shape index (κ1) is 20.2. The van der Waals surface area contributed by atoms with Crippen LogP contribution in [0.25, 0.3) is 0 Å². The van der Waals surface area contributed by atoms with Crippen molar-refractivity contribution >= 4 is 5.97 Å². The molecular weight excluding hydrogens is 326 g/mol. The molecule has 8 nitrogen and oxygen atoms in total. The lowest BCUT2D eigenvalue weighted by atomic mass is 9.95. The van der Waals surface area contributed by atoms with Gasteiger partial charge in [-0.3, -0.25) is 15.8 Å². The number of carboxylic acids is 1. The van der Waals surface area contributed by atoms with Crippen LogP contribution in [0.5, 0.6) is 5.75 Å². The van der Waals surface area contributed by atoms with E-state index in [-0.39, 0.29) is 31.9 Å². The van der Waals surface area contributed by atoms with E-state index >= 15 is 0 Å². The van der Waals surface area contributed by atoms with Gasteiger partial charge in [-0.1, -0.05) is 0 Å². The van der Waals surface area contributed by atoms with Crippen LogP contribution < -0.4 is 16.6 Å². The largest absolute Gasteiger partial charge is 0.506 e. The van der Waals surface area contributed by atoms with Crippen molar-refractivity contribution < 1.29 is 28.9 Å². The lowest BCUT2D eigenvalue weighted by molar-refractivity contribution is -0.150. The maximum atomic E-state index is 12.7. The highest BCUT2D eigenvalue weighted by Gasteiger charge is 2.43. The summed E-state index contributed by atoms with van der Waals surface area (Å²) in [7, 11) is 0. The standard InChI is InChI=1S/C14H22F2N4O4/c1-8-11(22)10(9(7-21)5-18-8)6-20-19-4-2-3-14(17,12(15)16)13(23)24/h5,12,19-22H,2-4,6-7,17H2,1H3,(H,23,24). The average Bonchev–Trinajstić information content (AvgIpc) is 2.53. The smallest absolute Gasteiger partial charge is 0.329 e. The van der Waals surface area contributed by atoms with Crippen molar-refractivity contribution in [2.45, 2.75) is 44.9 Å². The number of aliphatic hydroxyl groups is 1. The number of aromatic hydroxyl groups is 1. The fourth-order valence-corrected chi connectivity index (χ4v) is 2.04. The molecule has 1 unspecified atom stereocenters. The molecule has 0 amide bonds. The van der Waals surface area contributed by atoms with Crippen LogP contribution in [0.2, 0.25) is 0 Å². The molecule has 136 valence electrons. The summed E-state index contributed by atoms with van der Waals surface area (Å²) >= 11 is 0. The van der Waals surface area contributed by atoms with Crippen molar-refractivity contribution in [1.82, 2.24) is 15.8 Å². The highest BCUT2D eigenvalue weighted by Crippen LogP contribution is 2.23. The number of alkyl halides is 2. The van der Waals surface area contributed by atoms with Gasteiger partial charge < -0.3 is 21.1 Å². The van der Waals surface area contributed by atoms with Crippen molar-refractivity contribution in [1.29, 1.82) is 0 Å². The molecule has 0 spiro atoms. The zero-order valence-electron chi connectivity index (χ0n) is 13.2. The molecule has 0 bridgehead atoms. The van der Waals surface area contributed by atoms with Crippen LogP contribution in [0, 0.1) is 6.92 Å². The molecule has 0 saturated carbocycles. The number of hydrazine groups is 1. The van der Waals surface area contributed by atoms with Gasteiger partial charge in [-0.2, -0.15) is 0 Å². The highest BCUT2D eigenvalue weighted by molar-refractivity contribution is 5.79. The molecule has 0 fully saturated rings. The summed E-state index contributed by atoms with van der Waals surface area (Å²) in [5, 5.41) is 27.9. The van der Waals surface area contributed by atoms with E-state index in [1.807, 2.05) is 0 Å². The maximum absolute atomic E-state index is 12.7. The second kappa shape index (κ2) is 8.83. The van der Waals surface area contributed by atoms with Crippen LogP contribution in [0.15, 0.2) is 6.20 Å². The van der Waals surface area contributed by atoms with Crippen LogP contribution in [0.4, 0.5) is 8.78 Å². The number of carboxylic acid groups (broad SMARTS) is 1. The van der Waals surface area contributed by atoms with Crippen LogP contribution in [-0.4, -0.2) is 44.8 Å². The summed E-state index contributed by atoms with van der Waals surface area (Å²) in [5.41, 5.74) is 9.45. The molecule has 1 aromatic rings. The highest BCUT2D eigenvalue weighted by atomic mass is 19.3. The van der Waals surface area contributed by atoms with Gasteiger partial charge in [0, 0.05) is 30.4 Å². The minimum absolute atomic E-state index is 0.0413. The number of nitrogens with one attached hydrogen (secondary N) is 2. The van der Waals surface area contributed by atoms with Crippen LogP contribution in [-0.2, 0) is 17.9 Å². The Morgan fingerprint density at radius 1 is 1.46 bits per heavy atom. The molecule has 1 aromatic heterocycles. The Bertz CT molecular complexity index is 574. The Morgan fingerprint density at radius 2 is 2.12 bits per heavy atom.